The van der Waals surface area contributed by atoms with Crippen molar-refractivity contribution in [1.82, 2.24) is 5.32 Å². The third kappa shape index (κ3) is 2.78. The lowest BCUT2D eigenvalue weighted by Crippen LogP contribution is -2.15. The standard InChI is InChI=1S/C9H13NO2/c1-2-3-4-5-12-8-6-9(11)10-7-8/h2,6H,1,3-5,7H2,(H,10,11). The van der Waals surface area contributed by atoms with E-state index in [4.69, 9.17) is 4.74 Å². The van der Waals surface area contributed by atoms with Crippen molar-refractivity contribution in [2.24, 2.45) is 0 Å². The van der Waals surface area contributed by atoms with E-state index in [2.05, 4.69) is 11.9 Å². The van der Waals surface area contributed by atoms with Crippen LogP contribution < -0.4 is 5.32 Å². The van der Waals surface area contributed by atoms with Crippen LogP contribution in [0.1, 0.15) is 12.8 Å². The first-order valence-electron chi connectivity index (χ1n) is 4.05. The highest BCUT2D eigenvalue weighted by Crippen LogP contribution is 2.03. The van der Waals surface area contributed by atoms with Crippen LogP contribution in [0.2, 0.25) is 0 Å². The topological polar surface area (TPSA) is 38.3 Å². The highest BCUT2D eigenvalue weighted by molar-refractivity contribution is 5.90. The number of allylic oxidation sites excluding steroid dienone is 1. The molecule has 1 amide bonds. The van der Waals surface area contributed by atoms with Crippen LogP contribution in [0.15, 0.2) is 24.5 Å². The second-order valence-electron chi connectivity index (χ2n) is 2.61. The van der Waals surface area contributed by atoms with Gasteiger partial charge >= 0.3 is 0 Å². The van der Waals surface area contributed by atoms with Crippen molar-refractivity contribution in [1.29, 1.82) is 0 Å². The molecule has 1 N–H and O–H groups in total. The van der Waals surface area contributed by atoms with Gasteiger partial charge in [-0.25, -0.2) is 0 Å². The number of hydrogen-bond donors (Lipinski definition) is 1. The molecular weight excluding hydrogens is 154 g/mol. The monoisotopic (exact) mass is 167 g/mol. The van der Waals surface area contributed by atoms with Crippen LogP contribution in [0.3, 0.4) is 0 Å². The normalized spacial score (nSPS) is 15.3. The zero-order valence-corrected chi connectivity index (χ0v) is 7.01. The molecule has 1 aliphatic heterocycles. The van der Waals surface area contributed by atoms with Crippen LogP contribution in [0.5, 0.6) is 0 Å². The summed E-state index contributed by atoms with van der Waals surface area (Å²) < 4.78 is 5.31. The molecule has 1 aliphatic rings. The van der Waals surface area contributed by atoms with Crippen molar-refractivity contribution in [2.75, 3.05) is 13.2 Å². The number of hydrogen-bond acceptors (Lipinski definition) is 2. The Morgan fingerprint density at radius 2 is 2.58 bits per heavy atom. The van der Waals surface area contributed by atoms with E-state index in [1.165, 1.54) is 6.08 Å². The van der Waals surface area contributed by atoms with Gasteiger partial charge in [-0.1, -0.05) is 6.08 Å². The Balaban J connectivity index is 2.11. The summed E-state index contributed by atoms with van der Waals surface area (Å²) in [6.07, 6.45) is 5.26. The molecule has 1 heterocycles. The molecular formula is C9H13NO2. The molecule has 0 saturated carbocycles. The van der Waals surface area contributed by atoms with E-state index >= 15 is 0 Å². The molecule has 0 bridgehead atoms. The van der Waals surface area contributed by atoms with Crippen LogP contribution in [0.25, 0.3) is 0 Å². The highest BCUT2D eigenvalue weighted by Gasteiger charge is 2.10. The van der Waals surface area contributed by atoms with Crippen molar-refractivity contribution in [2.45, 2.75) is 12.8 Å². The summed E-state index contributed by atoms with van der Waals surface area (Å²) in [6.45, 7) is 4.80. The summed E-state index contributed by atoms with van der Waals surface area (Å²) in [6, 6.07) is 0. The molecule has 0 fully saturated rings. The van der Waals surface area contributed by atoms with E-state index in [0.29, 0.717) is 13.2 Å². The molecule has 3 nitrogen and oxygen atoms in total. The van der Waals surface area contributed by atoms with Crippen LogP contribution in [-0.2, 0) is 9.53 Å². The molecule has 0 saturated heterocycles. The first kappa shape index (κ1) is 8.84. The molecule has 12 heavy (non-hydrogen) atoms. The van der Waals surface area contributed by atoms with Gasteiger partial charge in [-0.15, -0.1) is 6.58 Å². The molecule has 0 aromatic rings. The predicted molar refractivity (Wildman–Crippen MR) is 46.5 cm³/mol. The summed E-state index contributed by atoms with van der Waals surface area (Å²) in [5.74, 6) is 0.679. The summed E-state index contributed by atoms with van der Waals surface area (Å²) in [4.78, 5) is 10.7. The largest absolute Gasteiger partial charge is 0.496 e. The summed E-state index contributed by atoms with van der Waals surface area (Å²) in [5, 5.41) is 2.63. The Kier molecular flexibility index (Phi) is 3.38. The van der Waals surface area contributed by atoms with Crippen molar-refractivity contribution in [3.05, 3.63) is 24.5 Å². The number of rotatable bonds is 5. The zero-order chi connectivity index (χ0) is 8.81. The zero-order valence-electron chi connectivity index (χ0n) is 7.01. The summed E-state index contributed by atoms with van der Waals surface area (Å²) in [5.41, 5.74) is 0. The maximum absolute atomic E-state index is 10.7. The van der Waals surface area contributed by atoms with Crippen molar-refractivity contribution in [3.8, 4) is 0 Å². The SMILES string of the molecule is C=CCCCOC1=CC(=O)NC1. The maximum Gasteiger partial charge on any atom is 0.247 e. The Hall–Kier alpha value is -1.25. The lowest BCUT2D eigenvalue weighted by molar-refractivity contribution is -0.115. The number of carbonyl (C=O) groups excluding carboxylic acids is 1. The number of unbranched alkanes of at least 4 members (excludes halogenated alkanes) is 1. The van der Waals surface area contributed by atoms with Crippen molar-refractivity contribution < 1.29 is 9.53 Å². The first-order chi connectivity index (χ1) is 5.83. The van der Waals surface area contributed by atoms with Gasteiger partial charge in [0.2, 0.25) is 5.91 Å². The van der Waals surface area contributed by atoms with Crippen molar-refractivity contribution >= 4 is 5.91 Å². The fraction of sp³-hybridized carbons (Fsp3) is 0.444. The fourth-order valence-electron chi connectivity index (χ4n) is 0.946. The minimum Gasteiger partial charge on any atom is -0.496 e. The second kappa shape index (κ2) is 4.59. The average Bonchev–Trinajstić information content (AvgIpc) is 2.45. The smallest absolute Gasteiger partial charge is 0.247 e. The third-order valence-corrected chi connectivity index (χ3v) is 1.57. The fourth-order valence-corrected chi connectivity index (χ4v) is 0.946. The van der Waals surface area contributed by atoms with Crippen LogP contribution in [0.4, 0.5) is 0 Å². The maximum atomic E-state index is 10.7. The molecule has 0 aliphatic carbocycles. The van der Waals surface area contributed by atoms with Gasteiger partial charge in [0.25, 0.3) is 0 Å². The van der Waals surface area contributed by atoms with Gasteiger partial charge in [0.1, 0.15) is 5.76 Å². The van der Waals surface area contributed by atoms with Gasteiger partial charge in [0.05, 0.1) is 13.2 Å². The highest BCUT2D eigenvalue weighted by atomic mass is 16.5. The number of ether oxygens (including phenoxy) is 1. The summed E-state index contributed by atoms with van der Waals surface area (Å²) in [7, 11) is 0. The predicted octanol–water partition coefficient (Wildman–Crippen LogP) is 0.983. The number of nitrogens with one attached hydrogen (secondary N) is 1. The first-order valence-corrected chi connectivity index (χ1v) is 4.05. The van der Waals surface area contributed by atoms with Gasteiger partial charge in [0.15, 0.2) is 0 Å². The van der Waals surface area contributed by atoms with E-state index in [1.807, 2.05) is 6.08 Å². The lowest BCUT2D eigenvalue weighted by atomic mass is 10.3. The van der Waals surface area contributed by atoms with Gasteiger partial charge in [-0.3, -0.25) is 4.79 Å². The Bertz CT molecular complexity index is 209. The van der Waals surface area contributed by atoms with E-state index in [9.17, 15) is 4.79 Å². The third-order valence-electron chi connectivity index (χ3n) is 1.57. The van der Waals surface area contributed by atoms with E-state index in [1.54, 1.807) is 0 Å². The average molecular weight is 167 g/mol. The summed E-state index contributed by atoms with van der Waals surface area (Å²) >= 11 is 0. The number of amides is 1. The second-order valence-corrected chi connectivity index (χ2v) is 2.61. The Morgan fingerprint density at radius 1 is 1.75 bits per heavy atom. The molecule has 0 radical (unpaired) electrons. The number of carbonyl (C=O) groups is 1. The molecule has 66 valence electrons. The van der Waals surface area contributed by atoms with Gasteiger partial charge < -0.3 is 10.1 Å². The molecule has 0 aromatic carbocycles. The molecule has 0 atom stereocenters. The minimum absolute atomic E-state index is 0.0614. The van der Waals surface area contributed by atoms with E-state index in [-0.39, 0.29) is 5.91 Å². The Morgan fingerprint density at radius 3 is 3.17 bits per heavy atom. The van der Waals surface area contributed by atoms with Gasteiger partial charge in [-0.2, -0.15) is 0 Å². The quantitative estimate of drug-likeness (QED) is 0.489. The van der Waals surface area contributed by atoms with Gasteiger partial charge in [-0.05, 0) is 12.8 Å². The Labute approximate surface area is 72.1 Å². The van der Waals surface area contributed by atoms with E-state index in [0.717, 1.165) is 18.6 Å². The van der Waals surface area contributed by atoms with E-state index < -0.39 is 0 Å². The lowest BCUT2D eigenvalue weighted by Gasteiger charge is -2.03. The molecule has 0 spiro atoms. The van der Waals surface area contributed by atoms with Crippen LogP contribution >= 0.6 is 0 Å². The van der Waals surface area contributed by atoms with Crippen LogP contribution in [0, 0.1) is 0 Å². The molecule has 3 heteroatoms. The van der Waals surface area contributed by atoms with Crippen molar-refractivity contribution in [3.63, 3.8) is 0 Å². The molecule has 0 unspecified atom stereocenters. The molecule has 1 rings (SSSR count). The molecule has 0 aromatic heterocycles. The van der Waals surface area contributed by atoms with Crippen LogP contribution in [-0.4, -0.2) is 19.1 Å². The van der Waals surface area contributed by atoms with Gasteiger partial charge in [0, 0.05) is 6.08 Å². The minimum atomic E-state index is -0.0614.